The number of tetrazole rings is 1. The molecule has 0 radical (unpaired) electrons. The van der Waals surface area contributed by atoms with Crippen molar-refractivity contribution in [2.45, 2.75) is 75.4 Å². The quantitative estimate of drug-likeness (QED) is 0.0891. The lowest BCUT2D eigenvalue weighted by molar-refractivity contribution is 0.00473. The molecular formula is C37H44N14O5. The van der Waals surface area contributed by atoms with Crippen LogP contribution in [0.5, 0.6) is 11.5 Å². The fourth-order valence-electron chi connectivity index (χ4n) is 7.55. The largest absolute Gasteiger partial charge is 0.508 e. The predicted molar refractivity (Wildman–Crippen MR) is 203 cm³/mol. The molecule has 2 aliphatic rings. The van der Waals surface area contributed by atoms with Crippen LogP contribution in [0.4, 0.5) is 16.6 Å². The molecule has 56 heavy (non-hydrogen) atoms. The van der Waals surface area contributed by atoms with Gasteiger partial charge in [0.25, 0.3) is 0 Å². The van der Waals surface area contributed by atoms with Crippen LogP contribution in [0.15, 0.2) is 67.4 Å². The first-order chi connectivity index (χ1) is 27.1. The van der Waals surface area contributed by atoms with Gasteiger partial charge >= 0.3 is 6.03 Å². The number of phenolic OH excluding ortho intramolecular Hbond substituents is 2. The number of aromatic amines is 1. The first kappa shape index (κ1) is 36.6. The van der Waals surface area contributed by atoms with Crippen molar-refractivity contribution in [1.82, 2.24) is 60.3 Å². The summed E-state index contributed by atoms with van der Waals surface area (Å²) in [5.41, 5.74) is 3.55. The molecule has 4 aromatic heterocycles. The molecular weight excluding hydrogens is 720 g/mol. The van der Waals surface area contributed by atoms with Crippen LogP contribution in [-0.2, 0) is 6.42 Å². The first-order valence-electron chi connectivity index (χ1n) is 18.7. The van der Waals surface area contributed by atoms with E-state index >= 15 is 0 Å². The number of aliphatic hydroxyl groups excluding tert-OH is 2. The molecule has 19 nitrogen and oxygen atoms in total. The molecule has 2 fully saturated rings. The highest BCUT2D eigenvalue weighted by Crippen LogP contribution is 2.40. The van der Waals surface area contributed by atoms with Gasteiger partial charge in [0.2, 0.25) is 5.95 Å². The van der Waals surface area contributed by atoms with Crippen LogP contribution in [0, 0.1) is 0 Å². The summed E-state index contributed by atoms with van der Waals surface area (Å²) in [6.07, 6.45) is 4.01. The van der Waals surface area contributed by atoms with Crippen molar-refractivity contribution in [2.75, 3.05) is 29.9 Å². The predicted octanol–water partition coefficient (Wildman–Crippen LogP) is 2.30. The second kappa shape index (κ2) is 15.4. The third-order valence-corrected chi connectivity index (χ3v) is 10.7. The average Bonchev–Trinajstić information content (AvgIpc) is 4.05. The number of aromatic nitrogens is 10. The van der Waals surface area contributed by atoms with Crippen molar-refractivity contribution in [3.8, 4) is 11.5 Å². The summed E-state index contributed by atoms with van der Waals surface area (Å²) in [6, 6.07) is 11.9. The number of aryl methyl sites for hydroxylation is 1. The molecule has 19 heteroatoms. The summed E-state index contributed by atoms with van der Waals surface area (Å²) in [5, 5.41) is 64.7. The Balaban J connectivity index is 1.10. The molecule has 6 aromatic rings. The Morgan fingerprint density at radius 2 is 1.71 bits per heavy atom. The maximum Gasteiger partial charge on any atom is 0.315 e. The molecule has 6 atom stereocenters. The van der Waals surface area contributed by atoms with Crippen LogP contribution < -0.4 is 20.9 Å². The number of phenols is 2. The highest BCUT2D eigenvalue weighted by atomic mass is 16.3. The molecule has 2 aromatic carbocycles. The van der Waals surface area contributed by atoms with E-state index in [1.165, 1.54) is 4.80 Å². The van der Waals surface area contributed by atoms with Crippen LogP contribution in [0.3, 0.4) is 0 Å². The van der Waals surface area contributed by atoms with Crippen molar-refractivity contribution in [3.05, 3.63) is 90.0 Å². The van der Waals surface area contributed by atoms with E-state index in [4.69, 9.17) is 15.0 Å². The van der Waals surface area contributed by atoms with Gasteiger partial charge < -0.3 is 50.8 Å². The number of hydrogen-bond donors (Lipinski definition) is 8. The Morgan fingerprint density at radius 1 is 1.00 bits per heavy atom. The lowest BCUT2D eigenvalue weighted by atomic mass is 9.91. The second-order valence-corrected chi connectivity index (χ2v) is 14.3. The standard InChI is InChI=1S/C37H44N14O5/c1-3-30-46-48-51(47-30)29-14-28(32(54)33(29)55)50-19-41-31-34(39-15-26(21-4-8-24(52)9-5-21)22-6-10-25(53)11-7-22)44-36(45-35(31)50)49-13-12-23(17-49)43-37(56)42-20(2)27-16-38-18-40-27/h4-11,16,18-20,23,26,28-29,32-33,52-55H,3,12-15,17H2,1-2H3,(H,38,40)(H,39,44,45)(H2,42,43,56)/t20?,23-,28-,29+,32+,33-/m1/s1. The van der Waals surface area contributed by atoms with Crippen molar-refractivity contribution < 1.29 is 25.2 Å². The van der Waals surface area contributed by atoms with E-state index in [1.54, 1.807) is 47.7 Å². The molecule has 0 bridgehead atoms. The minimum absolute atomic E-state index is 0.147. The zero-order valence-corrected chi connectivity index (χ0v) is 30.8. The van der Waals surface area contributed by atoms with Gasteiger partial charge in [0.05, 0.1) is 36.6 Å². The SMILES string of the molecule is CCc1nnn([C@H]2C[C@@H](n3cnc4c(NCC(c5ccc(O)cc5)c5ccc(O)cc5)nc(N5CC[C@@H](NC(=O)NC(C)c6cnc[nH]6)C5)nc43)[C@H](O)[C@@H]2O)n1. The van der Waals surface area contributed by atoms with Crippen molar-refractivity contribution in [1.29, 1.82) is 0 Å². The fraction of sp³-hybridized carbons (Fsp3) is 0.405. The number of rotatable bonds is 12. The second-order valence-electron chi connectivity index (χ2n) is 14.3. The molecule has 1 saturated carbocycles. The van der Waals surface area contributed by atoms with Gasteiger partial charge in [0.1, 0.15) is 29.7 Å². The average molecular weight is 765 g/mol. The Bertz CT molecular complexity index is 2220. The molecule has 292 valence electrons. The molecule has 8 N–H and O–H groups in total. The normalized spacial score (nSPS) is 21.5. The number of urea groups is 1. The number of H-pyrrole nitrogens is 1. The van der Waals surface area contributed by atoms with Crippen molar-refractivity contribution in [2.24, 2.45) is 0 Å². The van der Waals surface area contributed by atoms with Crippen molar-refractivity contribution in [3.63, 3.8) is 0 Å². The van der Waals surface area contributed by atoms with E-state index in [0.717, 1.165) is 16.8 Å². The maximum absolute atomic E-state index is 12.9. The Kier molecular flexibility index (Phi) is 10.1. The fourth-order valence-corrected chi connectivity index (χ4v) is 7.55. The number of fused-ring (bicyclic) bond motifs is 1. The summed E-state index contributed by atoms with van der Waals surface area (Å²) in [5.74, 6) is 1.47. The highest BCUT2D eigenvalue weighted by Gasteiger charge is 2.45. The van der Waals surface area contributed by atoms with Crippen LogP contribution in [0.2, 0.25) is 0 Å². The molecule has 1 saturated heterocycles. The number of hydrogen-bond acceptors (Lipinski definition) is 14. The lowest BCUT2D eigenvalue weighted by Crippen LogP contribution is -2.44. The highest BCUT2D eigenvalue weighted by molar-refractivity contribution is 5.84. The number of benzene rings is 2. The summed E-state index contributed by atoms with van der Waals surface area (Å²) in [7, 11) is 0. The lowest BCUT2D eigenvalue weighted by Gasteiger charge is -2.22. The number of anilines is 2. The van der Waals surface area contributed by atoms with Crippen molar-refractivity contribution >= 4 is 29.0 Å². The number of carbonyl (C=O) groups is 1. The van der Waals surface area contributed by atoms with Crippen LogP contribution in [-0.4, -0.2) is 114 Å². The van der Waals surface area contributed by atoms with Crippen LogP contribution >= 0.6 is 0 Å². The Labute approximate surface area is 320 Å². The number of aromatic hydroxyl groups is 2. The van der Waals surface area contributed by atoms with E-state index in [9.17, 15) is 25.2 Å². The minimum atomic E-state index is -1.18. The van der Waals surface area contributed by atoms with E-state index in [0.29, 0.717) is 67.7 Å². The van der Waals surface area contributed by atoms with Gasteiger partial charge in [-0.25, -0.2) is 14.8 Å². The Morgan fingerprint density at radius 3 is 2.38 bits per heavy atom. The Hall–Kier alpha value is -6.34. The third kappa shape index (κ3) is 7.37. The van der Waals surface area contributed by atoms with E-state index in [2.05, 4.69) is 41.3 Å². The van der Waals surface area contributed by atoms with Gasteiger partial charge in [-0.3, -0.25) is 0 Å². The van der Waals surface area contributed by atoms with Gasteiger partial charge in [-0.2, -0.15) is 14.8 Å². The summed E-state index contributed by atoms with van der Waals surface area (Å²) in [4.78, 5) is 38.1. The zero-order valence-electron chi connectivity index (χ0n) is 30.8. The van der Waals surface area contributed by atoms with Crippen LogP contribution in [0.1, 0.15) is 73.4 Å². The van der Waals surface area contributed by atoms with Gasteiger partial charge in [0, 0.05) is 38.0 Å². The van der Waals surface area contributed by atoms with Gasteiger partial charge in [0.15, 0.2) is 22.8 Å². The molecule has 1 unspecified atom stereocenters. The number of aliphatic hydroxyl groups is 2. The number of amides is 2. The molecule has 5 heterocycles. The van der Waals surface area contributed by atoms with Gasteiger partial charge in [-0.1, -0.05) is 31.2 Å². The van der Waals surface area contributed by atoms with Gasteiger partial charge in [-0.05, 0) is 60.4 Å². The monoisotopic (exact) mass is 764 g/mol. The van der Waals surface area contributed by atoms with Gasteiger partial charge in [-0.15, -0.1) is 10.2 Å². The number of nitrogens with one attached hydrogen (secondary N) is 4. The molecule has 0 spiro atoms. The van der Waals surface area contributed by atoms with E-state index in [-0.39, 0.29) is 35.5 Å². The first-order valence-corrected chi connectivity index (χ1v) is 18.7. The number of nitrogens with zero attached hydrogens (tertiary/aromatic N) is 10. The molecule has 8 rings (SSSR count). The third-order valence-electron chi connectivity index (χ3n) is 10.7. The smallest absolute Gasteiger partial charge is 0.315 e. The molecule has 1 aliphatic carbocycles. The maximum atomic E-state index is 12.9. The molecule has 1 aliphatic heterocycles. The summed E-state index contributed by atoms with van der Waals surface area (Å²) < 4.78 is 1.77. The van der Waals surface area contributed by atoms with Crippen LogP contribution in [0.25, 0.3) is 11.2 Å². The zero-order chi connectivity index (χ0) is 38.9. The number of imidazole rings is 2. The minimum Gasteiger partial charge on any atom is -0.508 e. The van der Waals surface area contributed by atoms with E-state index < -0.39 is 24.3 Å². The number of carbonyl (C=O) groups excluding carboxylic acids is 1. The van der Waals surface area contributed by atoms with E-state index in [1.807, 2.05) is 43.0 Å². The topological polar surface area (TPSA) is 253 Å². The summed E-state index contributed by atoms with van der Waals surface area (Å²) >= 11 is 0. The molecule has 2 amide bonds. The summed E-state index contributed by atoms with van der Waals surface area (Å²) in [6.45, 7) is 5.15.